The summed E-state index contributed by atoms with van der Waals surface area (Å²) in [5.74, 6) is 0.496. The standard InChI is InChI=1S/C15H18N2O/c1-9-8-10(2)12(4)13(11(9)3)14(18)15-16-6-7-17(15)5/h6-8H,1-5H3. The number of ketones is 1. The van der Waals surface area contributed by atoms with Gasteiger partial charge in [0, 0.05) is 25.0 Å². The van der Waals surface area contributed by atoms with Crippen LogP contribution in [0.1, 0.15) is 38.4 Å². The molecule has 94 valence electrons. The quantitative estimate of drug-likeness (QED) is 0.759. The molecule has 0 aliphatic rings. The molecule has 0 unspecified atom stereocenters. The van der Waals surface area contributed by atoms with E-state index in [1.54, 1.807) is 17.0 Å². The maximum absolute atomic E-state index is 12.6. The largest absolute Gasteiger partial charge is 0.331 e. The molecule has 0 saturated carbocycles. The number of hydrogen-bond donors (Lipinski definition) is 0. The molecule has 3 nitrogen and oxygen atoms in total. The van der Waals surface area contributed by atoms with E-state index < -0.39 is 0 Å². The molecule has 2 aromatic rings. The summed E-state index contributed by atoms with van der Waals surface area (Å²) < 4.78 is 1.76. The molecule has 0 N–H and O–H groups in total. The van der Waals surface area contributed by atoms with E-state index in [4.69, 9.17) is 0 Å². The van der Waals surface area contributed by atoms with E-state index >= 15 is 0 Å². The van der Waals surface area contributed by atoms with Crippen molar-refractivity contribution in [1.82, 2.24) is 9.55 Å². The summed E-state index contributed by atoms with van der Waals surface area (Å²) in [6.07, 6.45) is 3.45. The Morgan fingerprint density at radius 1 is 1.11 bits per heavy atom. The topological polar surface area (TPSA) is 34.9 Å². The highest BCUT2D eigenvalue weighted by Crippen LogP contribution is 2.23. The van der Waals surface area contributed by atoms with Crippen molar-refractivity contribution in [2.75, 3.05) is 0 Å². The zero-order valence-corrected chi connectivity index (χ0v) is 11.5. The molecular formula is C15H18N2O. The Balaban J connectivity index is 2.66. The van der Waals surface area contributed by atoms with E-state index in [-0.39, 0.29) is 5.78 Å². The van der Waals surface area contributed by atoms with Crippen molar-refractivity contribution in [2.24, 2.45) is 7.05 Å². The SMILES string of the molecule is Cc1cc(C)c(C)c(C(=O)c2nccn2C)c1C. The Kier molecular flexibility index (Phi) is 3.07. The van der Waals surface area contributed by atoms with E-state index in [0.29, 0.717) is 5.82 Å². The molecular weight excluding hydrogens is 224 g/mol. The Bertz CT molecular complexity index is 597. The molecule has 1 aromatic carbocycles. The van der Waals surface area contributed by atoms with Gasteiger partial charge in [0.2, 0.25) is 5.78 Å². The number of rotatable bonds is 2. The van der Waals surface area contributed by atoms with Gasteiger partial charge in [0.1, 0.15) is 0 Å². The Morgan fingerprint density at radius 3 is 2.11 bits per heavy atom. The van der Waals surface area contributed by atoms with Gasteiger partial charge in [-0.2, -0.15) is 0 Å². The van der Waals surface area contributed by atoms with Crippen LogP contribution in [0.15, 0.2) is 18.5 Å². The van der Waals surface area contributed by atoms with Crippen LogP contribution in [0.25, 0.3) is 0 Å². The van der Waals surface area contributed by atoms with Crippen molar-refractivity contribution in [3.8, 4) is 0 Å². The van der Waals surface area contributed by atoms with Crippen molar-refractivity contribution in [1.29, 1.82) is 0 Å². The van der Waals surface area contributed by atoms with E-state index in [0.717, 1.165) is 27.8 Å². The van der Waals surface area contributed by atoms with Crippen LogP contribution in [0.5, 0.6) is 0 Å². The number of nitrogens with zero attached hydrogens (tertiary/aromatic N) is 2. The highest BCUT2D eigenvalue weighted by molar-refractivity contribution is 6.09. The fourth-order valence-corrected chi connectivity index (χ4v) is 2.25. The molecule has 0 aliphatic carbocycles. The lowest BCUT2D eigenvalue weighted by Crippen LogP contribution is -2.13. The molecule has 0 bridgehead atoms. The summed E-state index contributed by atoms with van der Waals surface area (Å²) in [6, 6.07) is 2.12. The monoisotopic (exact) mass is 242 g/mol. The van der Waals surface area contributed by atoms with Gasteiger partial charge in [-0.15, -0.1) is 0 Å². The minimum atomic E-state index is 0.00398. The van der Waals surface area contributed by atoms with E-state index in [1.807, 2.05) is 34.7 Å². The molecule has 1 aromatic heterocycles. The highest BCUT2D eigenvalue weighted by Gasteiger charge is 2.20. The number of hydrogen-bond acceptors (Lipinski definition) is 2. The summed E-state index contributed by atoms with van der Waals surface area (Å²) in [5, 5.41) is 0. The van der Waals surface area contributed by atoms with Gasteiger partial charge in [0.05, 0.1) is 0 Å². The van der Waals surface area contributed by atoms with Crippen molar-refractivity contribution in [2.45, 2.75) is 27.7 Å². The minimum Gasteiger partial charge on any atom is -0.331 e. The molecule has 0 fully saturated rings. The summed E-state index contributed by atoms with van der Waals surface area (Å²) >= 11 is 0. The zero-order chi connectivity index (χ0) is 13.4. The smallest absolute Gasteiger partial charge is 0.228 e. The number of carbonyl (C=O) groups excluding carboxylic acids is 1. The van der Waals surface area contributed by atoms with Gasteiger partial charge in [-0.25, -0.2) is 4.98 Å². The first-order valence-corrected chi connectivity index (χ1v) is 6.03. The predicted octanol–water partition coefficient (Wildman–Crippen LogP) is 2.88. The van der Waals surface area contributed by atoms with E-state index in [1.165, 1.54) is 0 Å². The molecule has 0 amide bonds. The summed E-state index contributed by atoms with van der Waals surface area (Å²) in [6.45, 7) is 8.07. The van der Waals surface area contributed by atoms with Crippen LogP contribution in [0.4, 0.5) is 0 Å². The van der Waals surface area contributed by atoms with Crippen LogP contribution >= 0.6 is 0 Å². The van der Waals surface area contributed by atoms with E-state index in [2.05, 4.69) is 11.1 Å². The molecule has 18 heavy (non-hydrogen) atoms. The zero-order valence-electron chi connectivity index (χ0n) is 11.5. The van der Waals surface area contributed by atoms with Gasteiger partial charge in [0.25, 0.3) is 0 Å². The fraction of sp³-hybridized carbons (Fsp3) is 0.333. The Labute approximate surface area is 107 Å². The van der Waals surface area contributed by atoms with Crippen LogP contribution in [0.3, 0.4) is 0 Å². The first kappa shape index (κ1) is 12.6. The number of aryl methyl sites for hydroxylation is 3. The normalized spacial score (nSPS) is 10.7. The number of aromatic nitrogens is 2. The van der Waals surface area contributed by atoms with Crippen LogP contribution in [-0.4, -0.2) is 15.3 Å². The lowest BCUT2D eigenvalue weighted by Gasteiger charge is -2.14. The average Bonchev–Trinajstić information content (AvgIpc) is 2.73. The van der Waals surface area contributed by atoms with Gasteiger partial charge in [-0.3, -0.25) is 4.79 Å². The van der Waals surface area contributed by atoms with Crippen molar-refractivity contribution in [3.05, 3.63) is 52.1 Å². The van der Waals surface area contributed by atoms with Crippen LogP contribution in [0.2, 0.25) is 0 Å². The first-order valence-electron chi connectivity index (χ1n) is 6.03. The second-order valence-electron chi connectivity index (χ2n) is 4.83. The maximum atomic E-state index is 12.6. The van der Waals surface area contributed by atoms with Gasteiger partial charge < -0.3 is 4.57 Å². The highest BCUT2D eigenvalue weighted by atomic mass is 16.1. The van der Waals surface area contributed by atoms with Crippen molar-refractivity contribution in [3.63, 3.8) is 0 Å². The second-order valence-corrected chi connectivity index (χ2v) is 4.83. The van der Waals surface area contributed by atoms with Gasteiger partial charge in [0.15, 0.2) is 5.82 Å². The average molecular weight is 242 g/mol. The summed E-state index contributed by atoms with van der Waals surface area (Å²) in [5.41, 5.74) is 5.19. The van der Waals surface area contributed by atoms with Crippen LogP contribution < -0.4 is 0 Å². The number of imidazole rings is 1. The van der Waals surface area contributed by atoms with Gasteiger partial charge >= 0.3 is 0 Å². The second kappa shape index (κ2) is 4.41. The molecule has 1 heterocycles. The molecule has 2 rings (SSSR count). The lowest BCUT2D eigenvalue weighted by atomic mass is 9.91. The summed E-state index contributed by atoms with van der Waals surface area (Å²) in [7, 11) is 1.84. The van der Waals surface area contributed by atoms with Gasteiger partial charge in [-0.1, -0.05) is 6.07 Å². The maximum Gasteiger partial charge on any atom is 0.228 e. The molecule has 0 saturated heterocycles. The van der Waals surface area contributed by atoms with Crippen LogP contribution in [-0.2, 0) is 7.05 Å². The number of benzene rings is 1. The molecule has 0 atom stereocenters. The van der Waals surface area contributed by atoms with Gasteiger partial charge in [-0.05, 0) is 49.9 Å². The predicted molar refractivity (Wildman–Crippen MR) is 72.0 cm³/mol. The number of carbonyl (C=O) groups is 1. The first-order chi connectivity index (χ1) is 8.43. The minimum absolute atomic E-state index is 0.00398. The van der Waals surface area contributed by atoms with Crippen molar-refractivity contribution < 1.29 is 4.79 Å². The molecule has 3 heteroatoms. The third-order valence-electron chi connectivity index (χ3n) is 3.62. The Morgan fingerprint density at radius 2 is 1.67 bits per heavy atom. The molecule has 0 radical (unpaired) electrons. The van der Waals surface area contributed by atoms with E-state index in [9.17, 15) is 4.79 Å². The van der Waals surface area contributed by atoms with Crippen molar-refractivity contribution >= 4 is 5.78 Å². The molecule has 0 aliphatic heterocycles. The molecule has 0 spiro atoms. The summed E-state index contributed by atoms with van der Waals surface area (Å²) in [4.78, 5) is 16.7. The Hall–Kier alpha value is -1.90. The lowest BCUT2D eigenvalue weighted by molar-refractivity contribution is 0.102. The third-order valence-corrected chi connectivity index (χ3v) is 3.62. The van der Waals surface area contributed by atoms with Crippen LogP contribution in [0, 0.1) is 27.7 Å². The third kappa shape index (κ3) is 1.86. The fourth-order valence-electron chi connectivity index (χ4n) is 2.25.